The molecular formula is C20H26N8O. The topological polar surface area (TPSA) is 112 Å². The van der Waals surface area contributed by atoms with Crippen molar-refractivity contribution in [2.75, 3.05) is 22.6 Å². The zero-order chi connectivity index (χ0) is 20.8. The lowest BCUT2D eigenvalue weighted by Gasteiger charge is -2.36. The van der Waals surface area contributed by atoms with Gasteiger partial charge in [0, 0.05) is 25.4 Å². The summed E-state index contributed by atoms with van der Waals surface area (Å²) in [4.78, 5) is 23.5. The molecule has 2 aromatic rings. The third kappa shape index (κ3) is 3.62. The van der Waals surface area contributed by atoms with E-state index in [1.807, 2.05) is 43.6 Å². The number of rotatable bonds is 6. The van der Waals surface area contributed by atoms with Crippen molar-refractivity contribution in [3.63, 3.8) is 0 Å². The van der Waals surface area contributed by atoms with Crippen LogP contribution in [0.5, 0.6) is 0 Å². The third-order valence-corrected chi connectivity index (χ3v) is 5.66. The van der Waals surface area contributed by atoms with Crippen LogP contribution in [0.25, 0.3) is 0 Å². The number of aryl methyl sites for hydroxylation is 1. The zero-order valence-electron chi connectivity index (χ0n) is 17.2. The monoisotopic (exact) mass is 394 g/mol. The summed E-state index contributed by atoms with van der Waals surface area (Å²) in [5, 5.41) is 19.8. The molecular weight excluding hydrogens is 368 g/mol. The molecule has 0 saturated heterocycles. The van der Waals surface area contributed by atoms with Crippen molar-refractivity contribution in [2.45, 2.75) is 52.7 Å². The minimum atomic E-state index is -0.266. The molecule has 2 N–H and O–H groups in total. The van der Waals surface area contributed by atoms with Gasteiger partial charge in [-0.05, 0) is 25.7 Å². The van der Waals surface area contributed by atoms with Crippen molar-refractivity contribution in [1.82, 2.24) is 19.7 Å². The molecule has 3 heterocycles. The summed E-state index contributed by atoms with van der Waals surface area (Å²) in [7, 11) is 1.89. The van der Waals surface area contributed by atoms with E-state index in [4.69, 9.17) is 0 Å². The summed E-state index contributed by atoms with van der Waals surface area (Å²) >= 11 is 0. The zero-order valence-corrected chi connectivity index (χ0v) is 17.2. The molecule has 1 saturated carbocycles. The molecule has 1 atom stereocenters. The number of fused-ring (bicyclic) bond motifs is 1. The molecule has 4 rings (SSSR count). The van der Waals surface area contributed by atoms with E-state index in [1.165, 1.54) is 0 Å². The van der Waals surface area contributed by atoms with Crippen molar-refractivity contribution in [1.29, 1.82) is 5.26 Å². The van der Waals surface area contributed by atoms with Gasteiger partial charge < -0.3 is 15.5 Å². The smallest absolute Gasteiger partial charge is 0.247 e. The summed E-state index contributed by atoms with van der Waals surface area (Å²) in [6, 6.07) is 2.12. The van der Waals surface area contributed by atoms with Crippen molar-refractivity contribution in [2.24, 2.45) is 11.3 Å². The summed E-state index contributed by atoms with van der Waals surface area (Å²) in [6.45, 7) is 7.08. The Labute approximate surface area is 170 Å². The lowest BCUT2D eigenvalue weighted by molar-refractivity contribution is -0.118. The number of likely N-dealkylation sites (N-methyl/N-ethyl adjacent to an activating group) is 1. The van der Waals surface area contributed by atoms with Gasteiger partial charge >= 0.3 is 0 Å². The fourth-order valence-corrected chi connectivity index (χ4v) is 3.82. The van der Waals surface area contributed by atoms with Crippen LogP contribution in [-0.4, -0.2) is 38.7 Å². The SMILES string of the molecule is Cc1nc(NCc2cnn(CC3(C#N)CC3)c2)nc2c1NC(=O)C(C(C)C)N2C. The van der Waals surface area contributed by atoms with Crippen LogP contribution in [-0.2, 0) is 17.9 Å². The van der Waals surface area contributed by atoms with Gasteiger partial charge in [0.1, 0.15) is 11.7 Å². The fraction of sp³-hybridized carbons (Fsp3) is 0.550. The number of anilines is 3. The van der Waals surface area contributed by atoms with Gasteiger partial charge in [-0.25, -0.2) is 4.98 Å². The number of hydrogen-bond acceptors (Lipinski definition) is 7. The number of amides is 1. The maximum atomic E-state index is 12.4. The molecule has 0 bridgehead atoms. The van der Waals surface area contributed by atoms with E-state index in [9.17, 15) is 10.1 Å². The third-order valence-electron chi connectivity index (χ3n) is 5.66. The predicted molar refractivity (Wildman–Crippen MR) is 109 cm³/mol. The van der Waals surface area contributed by atoms with E-state index in [2.05, 4.69) is 31.8 Å². The standard InChI is InChI=1S/C20H26N8O/c1-12(2)16-18(29)25-15-13(3)24-19(26-17(15)27(16)4)22-7-14-8-23-28(9-14)11-20(10-21)5-6-20/h8-9,12,16H,5-7,11H2,1-4H3,(H,25,29)(H,22,24,26). The van der Waals surface area contributed by atoms with E-state index < -0.39 is 0 Å². The van der Waals surface area contributed by atoms with Gasteiger partial charge in [-0.15, -0.1) is 0 Å². The Morgan fingerprint density at radius 3 is 2.83 bits per heavy atom. The average Bonchev–Trinajstić information content (AvgIpc) is 3.30. The minimum absolute atomic E-state index is 0.0272. The normalized spacial score (nSPS) is 19.5. The maximum absolute atomic E-state index is 12.4. The van der Waals surface area contributed by atoms with Crippen LogP contribution in [0.1, 0.15) is 37.9 Å². The predicted octanol–water partition coefficient (Wildman–Crippen LogP) is 2.31. The van der Waals surface area contributed by atoms with Gasteiger partial charge in [0.05, 0.1) is 29.9 Å². The summed E-state index contributed by atoms with van der Waals surface area (Å²) in [5.41, 5.74) is 2.16. The van der Waals surface area contributed by atoms with Crippen molar-refractivity contribution >= 4 is 23.4 Å². The average molecular weight is 394 g/mol. The first-order valence-electron chi connectivity index (χ1n) is 9.91. The van der Waals surface area contributed by atoms with Gasteiger partial charge in [0.25, 0.3) is 0 Å². The molecule has 1 fully saturated rings. The van der Waals surface area contributed by atoms with Crippen LogP contribution in [0.4, 0.5) is 17.5 Å². The van der Waals surface area contributed by atoms with Crippen LogP contribution in [0.15, 0.2) is 12.4 Å². The first-order chi connectivity index (χ1) is 13.8. The van der Waals surface area contributed by atoms with Crippen LogP contribution in [0.2, 0.25) is 0 Å². The summed E-state index contributed by atoms with van der Waals surface area (Å²) in [6.07, 6.45) is 5.64. The lowest BCUT2D eigenvalue weighted by atomic mass is 9.99. The molecule has 152 valence electrons. The number of hydrogen-bond donors (Lipinski definition) is 2. The number of carbonyl (C=O) groups is 1. The molecule has 0 aromatic carbocycles. The molecule has 2 aliphatic rings. The van der Waals surface area contributed by atoms with Crippen LogP contribution >= 0.6 is 0 Å². The number of aromatic nitrogens is 4. The Hall–Kier alpha value is -3.15. The highest BCUT2D eigenvalue weighted by molar-refractivity contribution is 6.03. The Morgan fingerprint density at radius 1 is 1.41 bits per heavy atom. The first-order valence-corrected chi connectivity index (χ1v) is 9.91. The van der Waals surface area contributed by atoms with E-state index in [0.29, 0.717) is 24.7 Å². The van der Waals surface area contributed by atoms with Gasteiger partial charge in [-0.2, -0.15) is 15.3 Å². The molecule has 1 unspecified atom stereocenters. The Balaban J connectivity index is 1.48. The molecule has 2 aromatic heterocycles. The number of nitrogens with one attached hydrogen (secondary N) is 2. The first kappa shape index (κ1) is 19.2. The fourth-order valence-electron chi connectivity index (χ4n) is 3.82. The molecule has 1 aliphatic carbocycles. The second-order valence-electron chi connectivity index (χ2n) is 8.41. The van der Waals surface area contributed by atoms with E-state index in [-0.39, 0.29) is 23.3 Å². The van der Waals surface area contributed by atoms with Crippen molar-refractivity contribution < 1.29 is 4.79 Å². The molecule has 1 amide bonds. The molecule has 9 nitrogen and oxygen atoms in total. The number of carbonyl (C=O) groups excluding carboxylic acids is 1. The highest BCUT2D eigenvalue weighted by Crippen LogP contribution is 2.46. The molecule has 29 heavy (non-hydrogen) atoms. The van der Waals surface area contributed by atoms with Crippen molar-refractivity contribution in [3.05, 3.63) is 23.7 Å². The molecule has 0 spiro atoms. The molecule has 9 heteroatoms. The lowest BCUT2D eigenvalue weighted by Crippen LogP contribution is -2.49. The number of nitrogens with zero attached hydrogens (tertiary/aromatic N) is 6. The van der Waals surface area contributed by atoms with Crippen LogP contribution in [0.3, 0.4) is 0 Å². The van der Waals surface area contributed by atoms with E-state index in [1.54, 1.807) is 6.20 Å². The second kappa shape index (κ2) is 7.03. The quantitative estimate of drug-likeness (QED) is 0.773. The van der Waals surface area contributed by atoms with E-state index in [0.717, 1.165) is 29.9 Å². The Kier molecular flexibility index (Phi) is 4.65. The maximum Gasteiger partial charge on any atom is 0.247 e. The minimum Gasteiger partial charge on any atom is -0.350 e. The van der Waals surface area contributed by atoms with Gasteiger partial charge in [-0.3, -0.25) is 9.48 Å². The van der Waals surface area contributed by atoms with Crippen LogP contribution in [0, 0.1) is 29.6 Å². The number of nitriles is 1. The van der Waals surface area contributed by atoms with Crippen LogP contribution < -0.4 is 15.5 Å². The highest BCUT2D eigenvalue weighted by atomic mass is 16.2. The largest absolute Gasteiger partial charge is 0.350 e. The summed E-state index contributed by atoms with van der Waals surface area (Å²) in [5.74, 6) is 1.36. The van der Waals surface area contributed by atoms with Crippen molar-refractivity contribution in [3.8, 4) is 6.07 Å². The Morgan fingerprint density at radius 2 is 2.17 bits per heavy atom. The van der Waals surface area contributed by atoms with E-state index >= 15 is 0 Å². The van der Waals surface area contributed by atoms with Gasteiger partial charge in [-0.1, -0.05) is 13.8 Å². The van der Waals surface area contributed by atoms with Gasteiger partial charge in [0.2, 0.25) is 11.9 Å². The summed E-state index contributed by atoms with van der Waals surface area (Å²) < 4.78 is 1.84. The second-order valence-corrected chi connectivity index (χ2v) is 8.41. The molecule has 0 radical (unpaired) electrons. The molecule has 1 aliphatic heterocycles. The van der Waals surface area contributed by atoms with Gasteiger partial charge in [0.15, 0.2) is 5.82 Å². The highest BCUT2D eigenvalue weighted by Gasteiger charge is 2.43. The Bertz CT molecular complexity index is 985.